The van der Waals surface area contributed by atoms with E-state index < -0.39 is 0 Å². The van der Waals surface area contributed by atoms with Crippen molar-refractivity contribution in [1.82, 2.24) is 9.55 Å². The summed E-state index contributed by atoms with van der Waals surface area (Å²) in [6.45, 7) is 6.75. The zero-order chi connectivity index (χ0) is 20.1. The number of anilines is 1. The van der Waals surface area contributed by atoms with Crippen molar-refractivity contribution in [2.45, 2.75) is 38.9 Å². The van der Waals surface area contributed by atoms with Crippen LogP contribution in [0.15, 0.2) is 58.5 Å². The van der Waals surface area contributed by atoms with Crippen LogP contribution >= 0.6 is 11.8 Å². The Morgan fingerprint density at radius 3 is 2.61 bits per heavy atom. The number of rotatable bonds is 7. The molecule has 0 radical (unpaired) electrons. The van der Waals surface area contributed by atoms with Crippen LogP contribution in [-0.2, 0) is 17.8 Å². The van der Waals surface area contributed by atoms with Gasteiger partial charge < -0.3 is 5.32 Å². The van der Waals surface area contributed by atoms with Crippen LogP contribution in [0.3, 0.4) is 0 Å². The van der Waals surface area contributed by atoms with Crippen LogP contribution in [0, 0.1) is 5.92 Å². The van der Waals surface area contributed by atoms with E-state index in [9.17, 15) is 9.59 Å². The van der Waals surface area contributed by atoms with E-state index in [1.165, 1.54) is 11.8 Å². The first kappa shape index (κ1) is 20.1. The van der Waals surface area contributed by atoms with Gasteiger partial charge in [0.25, 0.3) is 5.56 Å². The second-order valence-corrected chi connectivity index (χ2v) is 8.01. The number of thioether (sulfide) groups is 1. The SMILES string of the molecule is CCc1ccccc1NC(=O)CSc1nc2ccccc2c(=O)n1CC(C)C. The van der Waals surface area contributed by atoms with Gasteiger partial charge in [-0.25, -0.2) is 4.98 Å². The minimum absolute atomic E-state index is 0.0569. The Hall–Kier alpha value is -2.60. The Bertz CT molecular complexity index is 1040. The van der Waals surface area contributed by atoms with Crippen LogP contribution in [0.25, 0.3) is 10.9 Å². The molecule has 146 valence electrons. The number of hydrogen-bond acceptors (Lipinski definition) is 4. The minimum Gasteiger partial charge on any atom is -0.325 e. The lowest BCUT2D eigenvalue weighted by molar-refractivity contribution is -0.113. The number of aromatic nitrogens is 2. The number of nitrogens with one attached hydrogen (secondary N) is 1. The van der Waals surface area contributed by atoms with Crippen molar-refractivity contribution >= 4 is 34.3 Å². The molecule has 28 heavy (non-hydrogen) atoms. The van der Waals surface area contributed by atoms with Gasteiger partial charge in [-0.3, -0.25) is 14.2 Å². The number of hydrogen-bond donors (Lipinski definition) is 1. The summed E-state index contributed by atoms with van der Waals surface area (Å²) in [4.78, 5) is 30.0. The molecule has 1 aromatic heterocycles. The van der Waals surface area contributed by atoms with E-state index in [2.05, 4.69) is 31.1 Å². The molecule has 0 atom stereocenters. The number of benzene rings is 2. The quantitative estimate of drug-likeness (QED) is 0.477. The normalized spacial score (nSPS) is 11.1. The number of aryl methyl sites for hydroxylation is 1. The van der Waals surface area contributed by atoms with Gasteiger partial charge in [0.1, 0.15) is 0 Å². The number of carbonyl (C=O) groups excluding carboxylic acids is 1. The largest absolute Gasteiger partial charge is 0.325 e. The molecule has 6 heteroatoms. The minimum atomic E-state index is -0.107. The number of carbonyl (C=O) groups is 1. The molecule has 3 aromatic rings. The third-order valence-electron chi connectivity index (χ3n) is 4.38. The van der Waals surface area contributed by atoms with Crippen LogP contribution in [0.1, 0.15) is 26.3 Å². The fourth-order valence-electron chi connectivity index (χ4n) is 3.05. The van der Waals surface area contributed by atoms with Crippen molar-refractivity contribution < 1.29 is 4.79 Å². The van der Waals surface area contributed by atoms with Gasteiger partial charge in [0.15, 0.2) is 5.16 Å². The lowest BCUT2D eigenvalue weighted by Gasteiger charge is -2.15. The molecule has 0 saturated carbocycles. The highest BCUT2D eigenvalue weighted by molar-refractivity contribution is 7.99. The van der Waals surface area contributed by atoms with Gasteiger partial charge in [0.2, 0.25) is 5.91 Å². The van der Waals surface area contributed by atoms with Gasteiger partial charge >= 0.3 is 0 Å². The fraction of sp³-hybridized carbons (Fsp3) is 0.318. The summed E-state index contributed by atoms with van der Waals surface area (Å²) in [6, 6.07) is 15.1. The van der Waals surface area contributed by atoms with Crippen LogP contribution in [-0.4, -0.2) is 21.2 Å². The van der Waals surface area contributed by atoms with Crippen LogP contribution < -0.4 is 10.9 Å². The second kappa shape index (κ2) is 9.06. The molecule has 1 N–H and O–H groups in total. The lowest BCUT2D eigenvalue weighted by Crippen LogP contribution is -2.26. The van der Waals surface area contributed by atoms with Gasteiger partial charge in [0.05, 0.1) is 16.7 Å². The molecule has 5 nitrogen and oxygen atoms in total. The van der Waals surface area contributed by atoms with Gasteiger partial charge in [0, 0.05) is 12.2 Å². The molecule has 1 amide bonds. The second-order valence-electron chi connectivity index (χ2n) is 7.07. The first-order valence-electron chi connectivity index (χ1n) is 9.49. The molecular weight excluding hydrogens is 370 g/mol. The average molecular weight is 396 g/mol. The summed E-state index contributed by atoms with van der Waals surface area (Å²) in [5.41, 5.74) is 2.54. The van der Waals surface area contributed by atoms with E-state index in [4.69, 9.17) is 0 Å². The molecule has 2 aromatic carbocycles. The van der Waals surface area contributed by atoms with Gasteiger partial charge in [-0.15, -0.1) is 0 Å². The maximum absolute atomic E-state index is 12.9. The van der Waals surface area contributed by atoms with Crippen LogP contribution in [0.2, 0.25) is 0 Å². The summed E-state index contributed by atoms with van der Waals surface area (Å²) in [5, 5.41) is 4.15. The predicted octanol–water partition coefficient (Wildman–Crippen LogP) is 4.35. The lowest BCUT2D eigenvalue weighted by atomic mass is 10.1. The highest BCUT2D eigenvalue weighted by Gasteiger charge is 2.14. The maximum atomic E-state index is 12.9. The molecule has 0 aliphatic rings. The monoisotopic (exact) mass is 395 g/mol. The van der Waals surface area contributed by atoms with Crippen molar-refractivity contribution in [3.63, 3.8) is 0 Å². The Morgan fingerprint density at radius 2 is 1.86 bits per heavy atom. The molecule has 0 aliphatic carbocycles. The van der Waals surface area contributed by atoms with Crippen LogP contribution in [0.4, 0.5) is 5.69 Å². The Labute approximate surface area is 169 Å². The van der Waals surface area contributed by atoms with Crippen molar-refractivity contribution in [2.75, 3.05) is 11.1 Å². The topological polar surface area (TPSA) is 64.0 Å². The van der Waals surface area contributed by atoms with Crippen molar-refractivity contribution in [1.29, 1.82) is 0 Å². The third-order valence-corrected chi connectivity index (χ3v) is 5.36. The summed E-state index contributed by atoms with van der Waals surface area (Å²) in [5.74, 6) is 0.385. The smallest absolute Gasteiger partial charge is 0.262 e. The number of para-hydroxylation sites is 2. The zero-order valence-corrected chi connectivity index (χ0v) is 17.3. The van der Waals surface area contributed by atoms with Crippen molar-refractivity contribution in [3.8, 4) is 0 Å². The highest BCUT2D eigenvalue weighted by Crippen LogP contribution is 2.20. The fourth-order valence-corrected chi connectivity index (χ4v) is 3.86. The zero-order valence-electron chi connectivity index (χ0n) is 16.4. The first-order valence-corrected chi connectivity index (χ1v) is 10.5. The standard InChI is InChI=1S/C22H25N3O2S/c1-4-16-9-5-7-11-18(16)23-20(26)14-28-22-24-19-12-8-6-10-17(19)21(27)25(22)13-15(2)3/h5-12,15H,4,13-14H2,1-3H3,(H,23,26). The summed E-state index contributed by atoms with van der Waals surface area (Å²) in [7, 11) is 0. The first-order chi connectivity index (χ1) is 13.5. The molecule has 1 heterocycles. The summed E-state index contributed by atoms with van der Waals surface area (Å²) < 4.78 is 1.69. The molecule has 0 saturated heterocycles. The average Bonchev–Trinajstić information content (AvgIpc) is 2.69. The van der Waals surface area contributed by atoms with E-state index >= 15 is 0 Å². The number of amides is 1. The van der Waals surface area contributed by atoms with Gasteiger partial charge in [-0.2, -0.15) is 0 Å². The van der Waals surface area contributed by atoms with E-state index in [0.29, 0.717) is 28.5 Å². The molecular formula is C22H25N3O2S. The van der Waals surface area contributed by atoms with Crippen molar-refractivity contribution in [3.05, 3.63) is 64.4 Å². The molecule has 0 unspecified atom stereocenters. The van der Waals surface area contributed by atoms with E-state index in [1.807, 2.05) is 42.5 Å². The Morgan fingerprint density at radius 1 is 1.14 bits per heavy atom. The predicted molar refractivity (Wildman–Crippen MR) is 116 cm³/mol. The number of nitrogens with zero attached hydrogens (tertiary/aromatic N) is 2. The highest BCUT2D eigenvalue weighted by atomic mass is 32.2. The van der Waals surface area contributed by atoms with E-state index in [-0.39, 0.29) is 17.2 Å². The maximum Gasteiger partial charge on any atom is 0.262 e. The summed E-state index contributed by atoms with van der Waals surface area (Å²) in [6.07, 6.45) is 0.851. The molecule has 0 spiro atoms. The molecule has 0 bridgehead atoms. The number of fused-ring (bicyclic) bond motifs is 1. The van der Waals surface area contributed by atoms with Gasteiger partial charge in [-0.1, -0.05) is 62.9 Å². The Balaban J connectivity index is 1.83. The van der Waals surface area contributed by atoms with E-state index in [0.717, 1.165) is 17.7 Å². The molecule has 0 aliphatic heterocycles. The third kappa shape index (κ3) is 4.62. The summed E-state index contributed by atoms with van der Waals surface area (Å²) >= 11 is 1.30. The van der Waals surface area contributed by atoms with E-state index in [1.54, 1.807) is 10.6 Å². The molecule has 3 rings (SSSR count). The Kier molecular flexibility index (Phi) is 6.52. The molecule has 0 fully saturated rings. The van der Waals surface area contributed by atoms with Crippen molar-refractivity contribution in [2.24, 2.45) is 5.92 Å². The van der Waals surface area contributed by atoms with Crippen LogP contribution in [0.5, 0.6) is 0 Å². The van der Waals surface area contributed by atoms with Gasteiger partial charge in [-0.05, 0) is 36.1 Å².